The van der Waals surface area contributed by atoms with Crippen molar-refractivity contribution in [2.45, 2.75) is 51.2 Å². The topological polar surface area (TPSA) is 58.6 Å². The van der Waals surface area contributed by atoms with Gasteiger partial charge in [-0.1, -0.05) is 29.8 Å². The molecule has 2 amide bonds. The van der Waals surface area contributed by atoms with Crippen LogP contribution in [-0.2, 0) is 14.3 Å². The number of likely N-dealkylation sites (tertiary alicyclic amines) is 1. The third-order valence-corrected chi connectivity index (χ3v) is 4.83. The van der Waals surface area contributed by atoms with Crippen LogP contribution in [0, 0.1) is 6.92 Å². The molecular weight excluding hydrogens is 304 g/mol. The molecule has 5 heteroatoms. The monoisotopic (exact) mass is 330 g/mol. The molecule has 0 spiro atoms. The van der Waals surface area contributed by atoms with Crippen LogP contribution in [0.1, 0.15) is 49.3 Å². The average Bonchev–Trinajstić information content (AvgIpc) is 2.58. The molecule has 0 aromatic heterocycles. The molecule has 0 radical (unpaired) electrons. The van der Waals surface area contributed by atoms with Gasteiger partial charge in [0.05, 0.1) is 12.6 Å². The molecule has 2 heterocycles. The van der Waals surface area contributed by atoms with Crippen molar-refractivity contribution in [3.63, 3.8) is 0 Å². The Bertz CT molecular complexity index is 585. The van der Waals surface area contributed by atoms with E-state index in [0.29, 0.717) is 13.0 Å². The predicted octanol–water partition coefficient (Wildman–Crippen LogP) is 2.34. The van der Waals surface area contributed by atoms with E-state index in [-0.39, 0.29) is 30.5 Å². The van der Waals surface area contributed by atoms with Gasteiger partial charge in [0, 0.05) is 19.6 Å². The SMILES string of the molecule is Cc1ccc([C@H]2OCCC[C@@H]2NC(=O)CN2CCCCC2=O)cc1. The standard InChI is InChI=1S/C19H26N2O3/c1-14-7-9-15(10-8-14)19-16(5-4-12-24-19)20-17(22)13-21-11-3-2-6-18(21)23/h7-10,16,19H,2-6,11-13H2,1H3,(H,20,22)/t16-,19+/m0/s1. The molecule has 5 nitrogen and oxygen atoms in total. The fraction of sp³-hybridized carbons (Fsp3) is 0.579. The Hall–Kier alpha value is -1.88. The number of nitrogens with zero attached hydrogens (tertiary/aromatic N) is 1. The minimum Gasteiger partial charge on any atom is -0.371 e. The van der Waals surface area contributed by atoms with Crippen LogP contribution < -0.4 is 5.32 Å². The number of aryl methyl sites for hydroxylation is 1. The van der Waals surface area contributed by atoms with Crippen LogP contribution in [0.2, 0.25) is 0 Å². The number of piperidine rings is 1. The highest BCUT2D eigenvalue weighted by molar-refractivity contribution is 5.85. The second-order valence-corrected chi connectivity index (χ2v) is 6.79. The van der Waals surface area contributed by atoms with E-state index < -0.39 is 0 Å². The van der Waals surface area contributed by atoms with Crippen LogP contribution >= 0.6 is 0 Å². The number of nitrogens with one attached hydrogen (secondary N) is 1. The number of hydrogen-bond acceptors (Lipinski definition) is 3. The van der Waals surface area contributed by atoms with Crippen molar-refractivity contribution in [1.82, 2.24) is 10.2 Å². The third-order valence-electron chi connectivity index (χ3n) is 4.83. The molecule has 2 atom stereocenters. The van der Waals surface area contributed by atoms with Gasteiger partial charge in [-0.3, -0.25) is 9.59 Å². The molecule has 0 bridgehead atoms. The molecule has 24 heavy (non-hydrogen) atoms. The largest absolute Gasteiger partial charge is 0.371 e. The van der Waals surface area contributed by atoms with Crippen molar-refractivity contribution in [3.05, 3.63) is 35.4 Å². The lowest BCUT2D eigenvalue weighted by Crippen LogP contribution is -2.48. The quantitative estimate of drug-likeness (QED) is 0.922. The summed E-state index contributed by atoms with van der Waals surface area (Å²) in [5.41, 5.74) is 2.30. The van der Waals surface area contributed by atoms with E-state index in [2.05, 4.69) is 36.5 Å². The Morgan fingerprint density at radius 3 is 2.79 bits per heavy atom. The van der Waals surface area contributed by atoms with Crippen molar-refractivity contribution in [2.24, 2.45) is 0 Å². The highest BCUT2D eigenvalue weighted by Gasteiger charge is 2.29. The van der Waals surface area contributed by atoms with Gasteiger partial charge in [0.15, 0.2) is 0 Å². The Balaban J connectivity index is 1.61. The Morgan fingerprint density at radius 2 is 2.04 bits per heavy atom. The van der Waals surface area contributed by atoms with Crippen molar-refractivity contribution >= 4 is 11.8 Å². The first-order valence-corrected chi connectivity index (χ1v) is 8.89. The van der Waals surface area contributed by atoms with Gasteiger partial charge in [-0.25, -0.2) is 0 Å². The van der Waals surface area contributed by atoms with E-state index >= 15 is 0 Å². The summed E-state index contributed by atoms with van der Waals surface area (Å²) in [6.07, 6.45) is 4.21. The molecule has 1 N–H and O–H groups in total. The maximum atomic E-state index is 12.4. The molecule has 2 aliphatic heterocycles. The minimum atomic E-state index is -0.111. The molecule has 0 unspecified atom stereocenters. The fourth-order valence-corrected chi connectivity index (χ4v) is 3.47. The molecule has 3 rings (SSSR count). The van der Waals surface area contributed by atoms with Crippen molar-refractivity contribution in [2.75, 3.05) is 19.7 Å². The van der Waals surface area contributed by atoms with Crippen LogP contribution in [0.3, 0.4) is 0 Å². The van der Waals surface area contributed by atoms with Crippen LogP contribution in [-0.4, -0.2) is 42.5 Å². The zero-order chi connectivity index (χ0) is 16.9. The van der Waals surface area contributed by atoms with Gasteiger partial charge < -0.3 is 15.0 Å². The first kappa shape index (κ1) is 17.0. The van der Waals surface area contributed by atoms with E-state index in [9.17, 15) is 9.59 Å². The maximum absolute atomic E-state index is 12.4. The van der Waals surface area contributed by atoms with Gasteiger partial charge >= 0.3 is 0 Å². The van der Waals surface area contributed by atoms with E-state index in [1.54, 1.807) is 4.90 Å². The highest BCUT2D eigenvalue weighted by atomic mass is 16.5. The van der Waals surface area contributed by atoms with Crippen LogP contribution in [0.25, 0.3) is 0 Å². The Labute approximate surface area is 143 Å². The van der Waals surface area contributed by atoms with Gasteiger partial charge in [0.25, 0.3) is 0 Å². The predicted molar refractivity (Wildman–Crippen MR) is 91.5 cm³/mol. The molecule has 2 saturated heterocycles. The summed E-state index contributed by atoms with van der Waals surface area (Å²) in [5, 5.41) is 3.09. The number of rotatable bonds is 4. The number of amides is 2. The lowest BCUT2D eigenvalue weighted by Gasteiger charge is -2.34. The normalized spacial score (nSPS) is 24.7. The van der Waals surface area contributed by atoms with E-state index in [1.165, 1.54) is 5.56 Å². The van der Waals surface area contributed by atoms with E-state index in [4.69, 9.17) is 4.74 Å². The lowest BCUT2D eigenvalue weighted by atomic mass is 9.95. The zero-order valence-corrected chi connectivity index (χ0v) is 14.3. The lowest BCUT2D eigenvalue weighted by molar-refractivity contribution is -0.138. The first-order chi connectivity index (χ1) is 11.6. The molecular formula is C19H26N2O3. The minimum absolute atomic E-state index is 0.0335. The number of ether oxygens (including phenoxy) is 1. The first-order valence-electron chi connectivity index (χ1n) is 8.89. The number of carbonyl (C=O) groups is 2. The summed E-state index contributed by atoms with van der Waals surface area (Å²) < 4.78 is 5.93. The second kappa shape index (κ2) is 7.79. The molecule has 130 valence electrons. The molecule has 0 saturated carbocycles. The summed E-state index contributed by atoms with van der Waals surface area (Å²) >= 11 is 0. The Kier molecular flexibility index (Phi) is 5.51. The van der Waals surface area contributed by atoms with Crippen molar-refractivity contribution < 1.29 is 14.3 Å². The molecule has 2 aliphatic rings. The van der Waals surface area contributed by atoms with Gasteiger partial charge in [-0.2, -0.15) is 0 Å². The summed E-state index contributed by atoms with van der Waals surface area (Å²) in [6.45, 7) is 3.63. The summed E-state index contributed by atoms with van der Waals surface area (Å²) in [6, 6.07) is 8.24. The summed E-state index contributed by atoms with van der Waals surface area (Å²) in [4.78, 5) is 25.9. The maximum Gasteiger partial charge on any atom is 0.239 e. The van der Waals surface area contributed by atoms with Gasteiger partial charge in [0.2, 0.25) is 11.8 Å². The van der Waals surface area contributed by atoms with Crippen molar-refractivity contribution in [3.8, 4) is 0 Å². The number of carbonyl (C=O) groups excluding carboxylic acids is 2. The zero-order valence-electron chi connectivity index (χ0n) is 14.3. The van der Waals surface area contributed by atoms with Gasteiger partial charge in [0.1, 0.15) is 6.10 Å². The second-order valence-electron chi connectivity index (χ2n) is 6.79. The van der Waals surface area contributed by atoms with E-state index in [1.807, 2.05) is 0 Å². The molecule has 1 aromatic rings. The van der Waals surface area contributed by atoms with E-state index in [0.717, 1.165) is 37.9 Å². The summed E-state index contributed by atoms with van der Waals surface area (Å²) in [7, 11) is 0. The molecule has 0 aliphatic carbocycles. The van der Waals surface area contributed by atoms with Gasteiger partial charge in [-0.15, -0.1) is 0 Å². The van der Waals surface area contributed by atoms with Gasteiger partial charge in [-0.05, 0) is 38.2 Å². The highest BCUT2D eigenvalue weighted by Crippen LogP contribution is 2.28. The fourth-order valence-electron chi connectivity index (χ4n) is 3.47. The third kappa shape index (κ3) is 4.15. The molecule has 2 fully saturated rings. The Morgan fingerprint density at radius 1 is 1.25 bits per heavy atom. The smallest absolute Gasteiger partial charge is 0.239 e. The van der Waals surface area contributed by atoms with Crippen LogP contribution in [0.5, 0.6) is 0 Å². The number of hydrogen-bond donors (Lipinski definition) is 1. The van der Waals surface area contributed by atoms with Crippen LogP contribution in [0.15, 0.2) is 24.3 Å². The summed E-state index contributed by atoms with van der Waals surface area (Å²) in [5.74, 6) is 0.00393. The van der Waals surface area contributed by atoms with Crippen LogP contribution in [0.4, 0.5) is 0 Å². The number of benzene rings is 1. The molecule has 1 aromatic carbocycles. The average molecular weight is 330 g/mol. The van der Waals surface area contributed by atoms with Crippen molar-refractivity contribution in [1.29, 1.82) is 0 Å².